The molecule has 184 valence electrons. The van der Waals surface area contributed by atoms with Gasteiger partial charge in [0.15, 0.2) is 11.5 Å². The minimum absolute atomic E-state index is 0.0310. The summed E-state index contributed by atoms with van der Waals surface area (Å²) in [5, 5.41) is 10.6. The van der Waals surface area contributed by atoms with Crippen molar-refractivity contribution in [2.75, 3.05) is 19.2 Å². The molecule has 0 spiro atoms. The highest BCUT2D eigenvalue weighted by Gasteiger charge is 2.33. The first-order valence-electron chi connectivity index (χ1n) is 11.8. The molecule has 0 radical (unpaired) electrons. The maximum absolute atomic E-state index is 6.36. The number of hydrazone groups is 1. The highest BCUT2D eigenvalue weighted by Crippen LogP contribution is 2.40. The second-order valence-corrected chi connectivity index (χ2v) is 10.0. The minimum atomic E-state index is -0.0310. The molecule has 2 aromatic heterocycles. The van der Waals surface area contributed by atoms with E-state index in [-0.39, 0.29) is 6.04 Å². The van der Waals surface area contributed by atoms with E-state index in [1.165, 1.54) is 4.88 Å². The fourth-order valence-corrected chi connectivity index (χ4v) is 5.58. The van der Waals surface area contributed by atoms with E-state index in [2.05, 4.69) is 17.5 Å². The second kappa shape index (κ2) is 9.84. The van der Waals surface area contributed by atoms with E-state index >= 15 is 0 Å². The number of aromatic nitrogens is 2. The molecule has 1 atom stereocenters. The summed E-state index contributed by atoms with van der Waals surface area (Å²) < 4.78 is 11.0. The van der Waals surface area contributed by atoms with Crippen LogP contribution in [0.25, 0.3) is 22.2 Å². The first kappa shape index (κ1) is 23.5. The molecular weight excluding hydrogens is 504 g/mol. The van der Waals surface area contributed by atoms with Crippen molar-refractivity contribution in [1.82, 2.24) is 9.97 Å². The lowest BCUT2D eigenvalue weighted by atomic mass is 10.0. The van der Waals surface area contributed by atoms with Crippen molar-refractivity contribution in [3.8, 4) is 22.8 Å². The Morgan fingerprint density at radius 3 is 2.46 bits per heavy atom. The molecule has 0 aliphatic carbocycles. The number of thiophene rings is 1. The summed E-state index contributed by atoms with van der Waals surface area (Å²) in [4.78, 5) is 11.2. The van der Waals surface area contributed by atoms with Gasteiger partial charge in [-0.3, -0.25) is 0 Å². The Hall–Kier alpha value is -3.94. The maximum atomic E-state index is 6.36. The van der Waals surface area contributed by atoms with Crippen LogP contribution in [0, 0.1) is 0 Å². The topological polar surface area (TPSA) is 59.8 Å². The van der Waals surface area contributed by atoms with Crippen molar-refractivity contribution >= 4 is 45.5 Å². The van der Waals surface area contributed by atoms with Crippen LogP contribution in [0.1, 0.15) is 22.9 Å². The van der Waals surface area contributed by atoms with Gasteiger partial charge in [0.2, 0.25) is 5.95 Å². The van der Waals surface area contributed by atoms with E-state index in [0.29, 0.717) is 28.9 Å². The van der Waals surface area contributed by atoms with Crippen LogP contribution in [0.15, 0.2) is 89.3 Å². The van der Waals surface area contributed by atoms with Crippen LogP contribution in [0.3, 0.4) is 0 Å². The zero-order valence-electron chi connectivity index (χ0n) is 20.3. The number of ether oxygens (including phenoxy) is 2. The van der Waals surface area contributed by atoms with E-state index in [4.69, 9.17) is 36.1 Å². The zero-order valence-corrected chi connectivity index (χ0v) is 21.8. The van der Waals surface area contributed by atoms with E-state index in [0.717, 1.165) is 33.4 Å². The van der Waals surface area contributed by atoms with Crippen LogP contribution in [0.5, 0.6) is 11.5 Å². The van der Waals surface area contributed by atoms with Gasteiger partial charge in [-0.1, -0.05) is 48.0 Å². The molecule has 3 aromatic carbocycles. The van der Waals surface area contributed by atoms with Gasteiger partial charge < -0.3 is 9.47 Å². The third-order valence-corrected chi connectivity index (χ3v) is 7.61. The number of nitrogens with zero attached hydrogens (tertiary/aromatic N) is 4. The molecular formula is C29H23ClN4O2S. The fraction of sp³-hybridized carbons (Fsp3) is 0.138. The van der Waals surface area contributed by atoms with Gasteiger partial charge in [0, 0.05) is 32.8 Å². The highest BCUT2D eigenvalue weighted by molar-refractivity contribution is 7.10. The van der Waals surface area contributed by atoms with Gasteiger partial charge in [0.25, 0.3) is 0 Å². The highest BCUT2D eigenvalue weighted by atomic mass is 35.5. The monoisotopic (exact) mass is 526 g/mol. The Kier molecular flexibility index (Phi) is 6.24. The Labute approximate surface area is 223 Å². The molecule has 0 bridgehead atoms. The summed E-state index contributed by atoms with van der Waals surface area (Å²) in [6, 6.07) is 25.8. The molecule has 37 heavy (non-hydrogen) atoms. The number of fused-ring (bicyclic) bond motifs is 1. The van der Waals surface area contributed by atoms with Gasteiger partial charge in [-0.25, -0.2) is 15.0 Å². The summed E-state index contributed by atoms with van der Waals surface area (Å²) in [6.07, 6.45) is 0.707. The molecule has 0 N–H and O–H groups in total. The Morgan fingerprint density at radius 1 is 0.865 bits per heavy atom. The van der Waals surface area contributed by atoms with E-state index in [1.807, 2.05) is 71.7 Å². The molecule has 0 unspecified atom stereocenters. The molecule has 0 saturated carbocycles. The van der Waals surface area contributed by atoms with E-state index in [9.17, 15) is 0 Å². The second-order valence-electron chi connectivity index (χ2n) is 8.60. The standard InChI is InChI=1S/C29H23ClN4O2S/c1-35-25-13-10-19(15-26(25)36-2)23-17-24(27-9-6-14-37-27)34(33-23)29-31-22-12-11-20(30)16-21(22)28(32-29)18-7-4-3-5-8-18/h3-16,24H,17H2,1-2H3/t24-/m1/s1. The number of anilines is 1. The average Bonchev–Trinajstić information content (AvgIpc) is 3.63. The van der Waals surface area contributed by atoms with Gasteiger partial charge in [-0.15, -0.1) is 11.3 Å². The minimum Gasteiger partial charge on any atom is -0.493 e. The van der Waals surface area contributed by atoms with E-state index < -0.39 is 0 Å². The van der Waals surface area contributed by atoms with Crippen LogP contribution in [-0.2, 0) is 0 Å². The number of methoxy groups -OCH3 is 2. The van der Waals surface area contributed by atoms with Gasteiger partial charge in [0.05, 0.1) is 37.2 Å². The third-order valence-electron chi connectivity index (χ3n) is 6.40. The lowest BCUT2D eigenvalue weighted by Crippen LogP contribution is -2.20. The van der Waals surface area contributed by atoms with Gasteiger partial charge in [0.1, 0.15) is 0 Å². The molecule has 5 aromatic rings. The Morgan fingerprint density at radius 2 is 1.70 bits per heavy atom. The summed E-state index contributed by atoms with van der Waals surface area (Å²) in [6.45, 7) is 0. The van der Waals surface area contributed by atoms with Crippen LogP contribution >= 0.6 is 22.9 Å². The molecule has 6 rings (SSSR count). The molecule has 8 heteroatoms. The summed E-state index contributed by atoms with van der Waals surface area (Å²) >= 11 is 8.07. The Balaban J connectivity index is 1.51. The number of halogens is 1. The summed E-state index contributed by atoms with van der Waals surface area (Å²) in [7, 11) is 3.27. The smallest absolute Gasteiger partial charge is 0.247 e. The van der Waals surface area contributed by atoms with Crippen LogP contribution < -0.4 is 14.5 Å². The zero-order chi connectivity index (χ0) is 25.4. The molecule has 3 heterocycles. The Bertz CT molecular complexity index is 1610. The van der Waals surface area contributed by atoms with Crippen molar-refractivity contribution < 1.29 is 9.47 Å². The largest absolute Gasteiger partial charge is 0.493 e. The molecule has 1 aliphatic heterocycles. The van der Waals surface area contributed by atoms with Crippen molar-refractivity contribution in [2.24, 2.45) is 5.10 Å². The summed E-state index contributed by atoms with van der Waals surface area (Å²) in [5.41, 5.74) is 4.53. The number of rotatable bonds is 6. The van der Waals surface area contributed by atoms with Crippen molar-refractivity contribution in [1.29, 1.82) is 0 Å². The quantitative estimate of drug-likeness (QED) is 0.231. The van der Waals surface area contributed by atoms with Crippen LogP contribution in [0.2, 0.25) is 5.02 Å². The first-order chi connectivity index (χ1) is 18.1. The van der Waals surface area contributed by atoms with Crippen LogP contribution in [-0.4, -0.2) is 29.9 Å². The number of hydrogen-bond acceptors (Lipinski definition) is 7. The fourth-order valence-electron chi connectivity index (χ4n) is 4.59. The SMILES string of the molecule is COc1ccc(C2=NN(c3nc(-c4ccccc4)c4cc(Cl)ccc4n3)[C@@H](c3cccs3)C2)cc1OC. The molecule has 0 saturated heterocycles. The van der Waals surface area contributed by atoms with Gasteiger partial charge >= 0.3 is 0 Å². The summed E-state index contributed by atoms with van der Waals surface area (Å²) in [5.74, 6) is 1.89. The molecule has 1 aliphatic rings. The lowest BCUT2D eigenvalue weighted by molar-refractivity contribution is 0.355. The lowest BCUT2D eigenvalue weighted by Gasteiger charge is -2.21. The number of hydrogen-bond donors (Lipinski definition) is 0. The van der Waals surface area contributed by atoms with Crippen molar-refractivity contribution in [2.45, 2.75) is 12.5 Å². The van der Waals surface area contributed by atoms with Crippen LogP contribution in [0.4, 0.5) is 5.95 Å². The van der Waals surface area contributed by atoms with Gasteiger partial charge in [-0.2, -0.15) is 5.10 Å². The average molecular weight is 527 g/mol. The first-order valence-corrected chi connectivity index (χ1v) is 13.1. The van der Waals surface area contributed by atoms with E-state index in [1.54, 1.807) is 25.6 Å². The maximum Gasteiger partial charge on any atom is 0.247 e. The van der Waals surface area contributed by atoms with Crippen molar-refractivity contribution in [3.05, 3.63) is 99.7 Å². The molecule has 6 nitrogen and oxygen atoms in total. The predicted octanol–water partition coefficient (Wildman–Crippen LogP) is 7.38. The molecule has 0 amide bonds. The predicted molar refractivity (Wildman–Crippen MR) is 150 cm³/mol. The number of benzene rings is 3. The third kappa shape index (κ3) is 4.41. The van der Waals surface area contributed by atoms with Gasteiger partial charge in [-0.05, 0) is 47.8 Å². The molecule has 0 fully saturated rings. The van der Waals surface area contributed by atoms with Crippen molar-refractivity contribution in [3.63, 3.8) is 0 Å². The normalized spacial score (nSPS) is 15.2.